The van der Waals surface area contributed by atoms with E-state index in [4.69, 9.17) is 0 Å². The summed E-state index contributed by atoms with van der Waals surface area (Å²) >= 11 is 0. The number of rotatable bonds is 4. The second-order valence-electron chi connectivity index (χ2n) is 7.84. The van der Waals surface area contributed by atoms with E-state index in [1.54, 1.807) is 13.1 Å². The Labute approximate surface area is 160 Å². The smallest absolute Gasteiger partial charge is 0.219 e. The molecule has 2 aliphatic heterocycles. The molecule has 146 valence electrons. The van der Waals surface area contributed by atoms with Crippen molar-refractivity contribution in [3.63, 3.8) is 0 Å². The number of amides is 1. The van der Waals surface area contributed by atoms with Crippen LogP contribution in [0.15, 0.2) is 18.7 Å². The van der Waals surface area contributed by atoms with Gasteiger partial charge in [0.2, 0.25) is 5.91 Å². The molecule has 0 aliphatic carbocycles. The van der Waals surface area contributed by atoms with Crippen LogP contribution in [0.3, 0.4) is 0 Å². The minimum Gasteiger partial charge on any atom is -0.343 e. The zero-order valence-electron chi connectivity index (χ0n) is 16.3. The van der Waals surface area contributed by atoms with Gasteiger partial charge < -0.3 is 14.0 Å². The van der Waals surface area contributed by atoms with Gasteiger partial charge in [-0.15, -0.1) is 10.2 Å². The lowest BCUT2D eigenvalue weighted by Gasteiger charge is -2.42. The first-order valence-corrected chi connectivity index (χ1v) is 9.95. The number of piperidine rings is 2. The third kappa shape index (κ3) is 3.90. The Morgan fingerprint density at radius 2 is 2.00 bits per heavy atom. The SMILES string of the molecule is CC(=O)N1CCC(N2CCC[C@H](c3nnc(Cn4ccnc4)n3C)C2)CC1. The molecule has 27 heavy (non-hydrogen) atoms. The van der Waals surface area contributed by atoms with Crippen molar-refractivity contribution in [3.8, 4) is 0 Å². The van der Waals surface area contributed by atoms with Crippen molar-refractivity contribution < 1.29 is 4.79 Å². The zero-order chi connectivity index (χ0) is 18.8. The summed E-state index contributed by atoms with van der Waals surface area (Å²) in [4.78, 5) is 20.3. The number of aromatic nitrogens is 5. The normalized spacial score (nSPS) is 22.3. The minimum absolute atomic E-state index is 0.203. The third-order valence-corrected chi connectivity index (χ3v) is 6.13. The van der Waals surface area contributed by atoms with Crippen LogP contribution in [-0.4, -0.2) is 72.2 Å². The van der Waals surface area contributed by atoms with Gasteiger partial charge in [0, 0.05) is 58.0 Å². The second kappa shape index (κ2) is 7.80. The van der Waals surface area contributed by atoms with E-state index >= 15 is 0 Å². The lowest BCUT2D eigenvalue weighted by atomic mass is 9.93. The number of carbonyl (C=O) groups is 1. The van der Waals surface area contributed by atoms with E-state index in [2.05, 4.69) is 31.7 Å². The van der Waals surface area contributed by atoms with Crippen molar-refractivity contribution in [2.24, 2.45) is 7.05 Å². The van der Waals surface area contributed by atoms with Gasteiger partial charge in [0.05, 0.1) is 12.9 Å². The summed E-state index contributed by atoms with van der Waals surface area (Å²) in [6.07, 6.45) is 10.1. The molecule has 0 radical (unpaired) electrons. The van der Waals surface area contributed by atoms with Gasteiger partial charge in [-0.1, -0.05) is 0 Å². The van der Waals surface area contributed by atoms with Crippen LogP contribution < -0.4 is 0 Å². The predicted molar refractivity (Wildman–Crippen MR) is 101 cm³/mol. The molecule has 2 fully saturated rings. The van der Waals surface area contributed by atoms with E-state index in [9.17, 15) is 4.79 Å². The maximum atomic E-state index is 11.6. The van der Waals surface area contributed by atoms with Gasteiger partial charge in [-0.05, 0) is 32.2 Å². The standard InChI is InChI=1S/C19H29N7O/c1-15(27)25-9-5-17(6-10-25)26-8-3-4-16(12-26)19-22-21-18(23(19)2)13-24-11-7-20-14-24/h7,11,14,16-17H,3-6,8-10,12-13H2,1-2H3/t16-/m0/s1. The van der Waals surface area contributed by atoms with E-state index in [0.717, 1.165) is 50.7 Å². The molecule has 0 bridgehead atoms. The topological polar surface area (TPSA) is 72.1 Å². The Hall–Kier alpha value is -2.22. The minimum atomic E-state index is 0.203. The van der Waals surface area contributed by atoms with E-state index in [1.165, 1.54) is 12.8 Å². The van der Waals surface area contributed by atoms with Gasteiger partial charge in [0.1, 0.15) is 5.82 Å². The summed E-state index contributed by atoms with van der Waals surface area (Å²) in [5.41, 5.74) is 0. The van der Waals surface area contributed by atoms with Crippen molar-refractivity contribution in [3.05, 3.63) is 30.4 Å². The molecular formula is C19H29N7O. The fraction of sp³-hybridized carbons (Fsp3) is 0.684. The highest BCUT2D eigenvalue weighted by molar-refractivity contribution is 5.73. The molecule has 0 saturated carbocycles. The highest BCUT2D eigenvalue weighted by Crippen LogP contribution is 2.29. The summed E-state index contributed by atoms with van der Waals surface area (Å²) in [6, 6.07) is 0.585. The van der Waals surface area contributed by atoms with Gasteiger partial charge in [-0.2, -0.15) is 0 Å². The first kappa shape index (κ1) is 18.2. The van der Waals surface area contributed by atoms with Crippen molar-refractivity contribution in [2.75, 3.05) is 26.2 Å². The average Bonchev–Trinajstić information content (AvgIpc) is 3.33. The molecule has 4 rings (SSSR count). The van der Waals surface area contributed by atoms with Gasteiger partial charge >= 0.3 is 0 Å². The molecule has 2 saturated heterocycles. The molecule has 2 aromatic heterocycles. The van der Waals surface area contributed by atoms with Crippen molar-refractivity contribution >= 4 is 5.91 Å². The lowest BCUT2D eigenvalue weighted by molar-refractivity contribution is -0.130. The van der Waals surface area contributed by atoms with E-state index in [-0.39, 0.29) is 5.91 Å². The molecule has 0 unspecified atom stereocenters. The van der Waals surface area contributed by atoms with Crippen molar-refractivity contribution in [1.29, 1.82) is 0 Å². The molecule has 0 spiro atoms. The van der Waals surface area contributed by atoms with Crippen LogP contribution in [-0.2, 0) is 18.4 Å². The Morgan fingerprint density at radius 3 is 2.70 bits per heavy atom. The molecule has 2 aliphatic rings. The summed E-state index contributed by atoms with van der Waals surface area (Å²) in [5.74, 6) is 2.69. The molecule has 8 heteroatoms. The largest absolute Gasteiger partial charge is 0.343 e. The highest BCUT2D eigenvalue weighted by Gasteiger charge is 2.31. The fourth-order valence-corrected chi connectivity index (χ4v) is 4.51. The van der Waals surface area contributed by atoms with E-state index in [0.29, 0.717) is 18.5 Å². The second-order valence-corrected chi connectivity index (χ2v) is 7.84. The van der Waals surface area contributed by atoms with Gasteiger partial charge in [0.15, 0.2) is 5.82 Å². The maximum absolute atomic E-state index is 11.6. The molecule has 4 heterocycles. The first-order valence-electron chi connectivity index (χ1n) is 9.95. The lowest BCUT2D eigenvalue weighted by Crippen LogP contribution is -2.49. The number of hydrogen-bond donors (Lipinski definition) is 0. The van der Waals surface area contributed by atoms with Crippen LogP contribution in [0.2, 0.25) is 0 Å². The van der Waals surface area contributed by atoms with Crippen LogP contribution in [0.4, 0.5) is 0 Å². The van der Waals surface area contributed by atoms with Crippen molar-refractivity contribution in [1.82, 2.24) is 34.1 Å². The van der Waals surface area contributed by atoms with Crippen LogP contribution in [0.5, 0.6) is 0 Å². The quantitative estimate of drug-likeness (QED) is 0.809. The van der Waals surface area contributed by atoms with E-state index in [1.807, 2.05) is 22.0 Å². The summed E-state index contributed by atoms with van der Waals surface area (Å²) < 4.78 is 4.18. The first-order chi connectivity index (χ1) is 13.1. The maximum Gasteiger partial charge on any atom is 0.219 e. The fourth-order valence-electron chi connectivity index (χ4n) is 4.51. The average molecular weight is 371 g/mol. The summed E-state index contributed by atoms with van der Waals surface area (Å²) in [6.45, 7) is 6.35. The van der Waals surface area contributed by atoms with Crippen LogP contribution in [0, 0.1) is 0 Å². The monoisotopic (exact) mass is 371 g/mol. The molecule has 1 atom stereocenters. The van der Waals surface area contributed by atoms with Gasteiger partial charge in [-0.25, -0.2) is 4.98 Å². The molecular weight excluding hydrogens is 342 g/mol. The number of nitrogens with zero attached hydrogens (tertiary/aromatic N) is 7. The van der Waals surface area contributed by atoms with E-state index < -0.39 is 0 Å². The van der Waals surface area contributed by atoms with Crippen LogP contribution in [0.1, 0.15) is 50.2 Å². The summed E-state index contributed by atoms with van der Waals surface area (Å²) in [5, 5.41) is 8.97. The molecule has 0 aromatic carbocycles. The highest BCUT2D eigenvalue weighted by atomic mass is 16.2. The Balaban J connectivity index is 1.40. The Morgan fingerprint density at radius 1 is 1.19 bits per heavy atom. The number of carbonyl (C=O) groups excluding carboxylic acids is 1. The number of hydrogen-bond acceptors (Lipinski definition) is 5. The Bertz CT molecular complexity index is 761. The molecule has 8 nitrogen and oxygen atoms in total. The van der Waals surface area contributed by atoms with Crippen molar-refractivity contribution in [2.45, 2.75) is 51.1 Å². The predicted octanol–water partition coefficient (Wildman–Crippen LogP) is 1.25. The van der Waals surface area contributed by atoms with Gasteiger partial charge in [-0.3, -0.25) is 9.69 Å². The van der Waals surface area contributed by atoms with Crippen LogP contribution >= 0.6 is 0 Å². The zero-order valence-corrected chi connectivity index (χ0v) is 16.3. The molecule has 2 aromatic rings. The summed E-state index contributed by atoms with van der Waals surface area (Å²) in [7, 11) is 2.08. The number of likely N-dealkylation sites (tertiary alicyclic amines) is 2. The number of imidazole rings is 1. The van der Waals surface area contributed by atoms with Crippen LogP contribution in [0.25, 0.3) is 0 Å². The third-order valence-electron chi connectivity index (χ3n) is 6.13. The molecule has 0 N–H and O–H groups in total. The van der Waals surface area contributed by atoms with Gasteiger partial charge in [0.25, 0.3) is 0 Å². The Kier molecular flexibility index (Phi) is 5.24. The molecule has 1 amide bonds.